The Labute approximate surface area is 152 Å². The zero-order valence-electron chi connectivity index (χ0n) is 15.6. The van der Waals surface area contributed by atoms with Gasteiger partial charge >= 0.3 is 5.97 Å². The van der Waals surface area contributed by atoms with Gasteiger partial charge in [0, 0.05) is 30.9 Å². The van der Waals surface area contributed by atoms with Gasteiger partial charge in [0.2, 0.25) is 5.91 Å². The molecule has 1 aliphatic rings. The molecule has 2 aromatic rings. The van der Waals surface area contributed by atoms with E-state index in [9.17, 15) is 9.59 Å². The normalized spacial score (nSPS) is 17.5. The molecule has 0 saturated carbocycles. The number of rotatable bonds is 5. The minimum Gasteiger partial charge on any atom is -0.466 e. The van der Waals surface area contributed by atoms with Crippen molar-refractivity contribution < 1.29 is 14.3 Å². The largest absolute Gasteiger partial charge is 0.466 e. The first-order chi connectivity index (χ1) is 12.5. The molecule has 1 saturated heterocycles. The van der Waals surface area contributed by atoms with Crippen LogP contribution in [0.2, 0.25) is 0 Å². The lowest BCUT2D eigenvalue weighted by atomic mass is 9.97. The van der Waals surface area contributed by atoms with Crippen LogP contribution in [0.5, 0.6) is 0 Å². The molecule has 140 valence electrons. The molecular weight excluding hydrogens is 334 g/mol. The predicted octanol–water partition coefficient (Wildman–Crippen LogP) is 1.48. The molecule has 1 fully saturated rings. The number of hydrogen-bond donors (Lipinski definition) is 0. The monoisotopic (exact) mass is 359 g/mol. The highest BCUT2D eigenvalue weighted by Gasteiger charge is 2.29. The maximum atomic E-state index is 12.7. The Morgan fingerprint density at radius 3 is 2.92 bits per heavy atom. The molecule has 0 unspecified atom stereocenters. The van der Waals surface area contributed by atoms with Gasteiger partial charge in [-0.25, -0.2) is 9.50 Å². The second-order valence-electron chi connectivity index (χ2n) is 6.66. The number of amides is 1. The van der Waals surface area contributed by atoms with Gasteiger partial charge in [0.05, 0.1) is 12.5 Å². The van der Waals surface area contributed by atoms with Crippen molar-refractivity contribution in [2.24, 2.45) is 5.92 Å². The lowest BCUT2D eigenvalue weighted by Gasteiger charge is -2.31. The number of carbonyl (C=O) groups excluding carboxylic acids is 2. The van der Waals surface area contributed by atoms with Gasteiger partial charge in [0.15, 0.2) is 0 Å². The molecule has 0 spiro atoms. The molecule has 3 heterocycles. The maximum absolute atomic E-state index is 12.7. The van der Waals surface area contributed by atoms with Gasteiger partial charge in [-0.2, -0.15) is 10.1 Å². The SMILES string of the molecule is CCOC(=O)[C@@H]1CCCN(C(=O)CCc2c(C)nc3ncnn3c2C)C1. The summed E-state index contributed by atoms with van der Waals surface area (Å²) in [4.78, 5) is 34.9. The summed E-state index contributed by atoms with van der Waals surface area (Å²) in [5.74, 6) is 0.238. The summed E-state index contributed by atoms with van der Waals surface area (Å²) in [6, 6.07) is 0. The fourth-order valence-electron chi connectivity index (χ4n) is 3.56. The van der Waals surface area contributed by atoms with Crippen LogP contribution in [0.15, 0.2) is 6.33 Å². The van der Waals surface area contributed by atoms with Crippen LogP contribution in [-0.2, 0) is 20.7 Å². The summed E-state index contributed by atoms with van der Waals surface area (Å²) in [6.07, 6.45) is 4.08. The lowest BCUT2D eigenvalue weighted by molar-refractivity contribution is -0.151. The molecule has 1 amide bonds. The first-order valence-corrected chi connectivity index (χ1v) is 9.11. The number of piperidine rings is 1. The molecule has 0 radical (unpaired) electrons. The van der Waals surface area contributed by atoms with Gasteiger partial charge in [-0.1, -0.05) is 0 Å². The van der Waals surface area contributed by atoms with E-state index in [4.69, 9.17) is 4.74 Å². The second kappa shape index (κ2) is 7.80. The summed E-state index contributed by atoms with van der Waals surface area (Å²) in [7, 11) is 0. The predicted molar refractivity (Wildman–Crippen MR) is 94.5 cm³/mol. The van der Waals surface area contributed by atoms with Crippen LogP contribution in [0.4, 0.5) is 0 Å². The Hall–Kier alpha value is -2.51. The molecule has 3 rings (SSSR count). The molecule has 0 aromatic carbocycles. The molecule has 1 atom stereocenters. The number of esters is 1. The van der Waals surface area contributed by atoms with Crippen LogP contribution in [0.1, 0.15) is 43.1 Å². The summed E-state index contributed by atoms with van der Waals surface area (Å²) >= 11 is 0. The van der Waals surface area contributed by atoms with Gasteiger partial charge in [0.1, 0.15) is 6.33 Å². The number of likely N-dealkylation sites (tertiary alicyclic amines) is 1. The van der Waals surface area contributed by atoms with Crippen LogP contribution in [0, 0.1) is 19.8 Å². The van der Waals surface area contributed by atoms with Crippen LogP contribution in [-0.4, -0.2) is 56.1 Å². The van der Waals surface area contributed by atoms with Crippen LogP contribution in [0.25, 0.3) is 5.78 Å². The van der Waals surface area contributed by atoms with Crippen molar-refractivity contribution in [3.8, 4) is 0 Å². The molecular formula is C18H25N5O3. The summed E-state index contributed by atoms with van der Waals surface area (Å²) in [5.41, 5.74) is 2.86. The smallest absolute Gasteiger partial charge is 0.310 e. The van der Waals surface area contributed by atoms with E-state index in [1.807, 2.05) is 13.8 Å². The molecule has 0 aliphatic carbocycles. The van der Waals surface area contributed by atoms with Crippen molar-refractivity contribution in [3.63, 3.8) is 0 Å². The average Bonchev–Trinajstić information content (AvgIpc) is 3.10. The van der Waals surface area contributed by atoms with Gasteiger partial charge in [0.25, 0.3) is 5.78 Å². The lowest BCUT2D eigenvalue weighted by Crippen LogP contribution is -2.42. The average molecular weight is 359 g/mol. The van der Waals surface area contributed by atoms with E-state index in [-0.39, 0.29) is 17.8 Å². The van der Waals surface area contributed by atoms with E-state index in [2.05, 4.69) is 15.1 Å². The number of carbonyl (C=O) groups is 2. The van der Waals surface area contributed by atoms with E-state index in [0.717, 1.165) is 29.8 Å². The Morgan fingerprint density at radius 2 is 2.15 bits per heavy atom. The van der Waals surface area contributed by atoms with Crippen molar-refractivity contribution in [1.82, 2.24) is 24.5 Å². The van der Waals surface area contributed by atoms with E-state index in [0.29, 0.717) is 38.3 Å². The maximum Gasteiger partial charge on any atom is 0.310 e. The Bertz CT molecular complexity index is 817. The third-order valence-corrected chi connectivity index (χ3v) is 4.97. The molecule has 0 bridgehead atoms. The van der Waals surface area contributed by atoms with E-state index < -0.39 is 0 Å². The van der Waals surface area contributed by atoms with Crippen molar-refractivity contribution in [1.29, 1.82) is 0 Å². The molecule has 1 aliphatic heterocycles. The minimum atomic E-state index is -0.204. The van der Waals surface area contributed by atoms with Gasteiger partial charge < -0.3 is 9.64 Å². The van der Waals surface area contributed by atoms with E-state index >= 15 is 0 Å². The number of hydrogen-bond acceptors (Lipinski definition) is 6. The highest BCUT2D eigenvalue weighted by molar-refractivity contribution is 5.78. The topological polar surface area (TPSA) is 89.7 Å². The number of fused-ring (bicyclic) bond motifs is 1. The fourth-order valence-corrected chi connectivity index (χ4v) is 3.56. The van der Waals surface area contributed by atoms with Gasteiger partial charge in [-0.15, -0.1) is 0 Å². The highest BCUT2D eigenvalue weighted by Crippen LogP contribution is 2.20. The summed E-state index contributed by atoms with van der Waals surface area (Å²) in [6.45, 7) is 7.23. The quantitative estimate of drug-likeness (QED) is 0.751. The summed E-state index contributed by atoms with van der Waals surface area (Å²) in [5, 5.41) is 4.18. The number of aromatic nitrogens is 4. The zero-order valence-corrected chi connectivity index (χ0v) is 15.6. The Balaban J connectivity index is 1.64. The highest BCUT2D eigenvalue weighted by atomic mass is 16.5. The first kappa shape index (κ1) is 18.3. The van der Waals surface area contributed by atoms with E-state index in [1.54, 1.807) is 16.3 Å². The minimum absolute atomic E-state index is 0.0662. The van der Waals surface area contributed by atoms with Crippen molar-refractivity contribution >= 4 is 17.7 Å². The van der Waals surface area contributed by atoms with E-state index in [1.165, 1.54) is 6.33 Å². The zero-order chi connectivity index (χ0) is 18.7. The molecule has 2 aromatic heterocycles. The Morgan fingerprint density at radius 1 is 1.35 bits per heavy atom. The number of ether oxygens (including phenoxy) is 1. The van der Waals surface area contributed by atoms with Crippen molar-refractivity contribution in [3.05, 3.63) is 23.3 Å². The van der Waals surface area contributed by atoms with Crippen LogP contribution >= 0.6 is 0 Å². The molecule has 26 heavy (non-hydrogen) atoms. The fraction of sp³-hybridized carbons (Fsp3) is 0.611. The van der Waals surface area contributed by atoms with Crippen LogP contribution < -0.4 is 0 Å². The van der Waals surface area contributed by atoms with Crippen molar-refractivity contribution in [2.75, 3.05) is 19.7 Å². The van der Waals surface area contributed by atoms with Gasteiger partial charge in [-0.3, -0.25) is 9.59 Å². The van der Waals surface area contributed by atoms with Gasteiger partial charge in [-0.05, 0) is 45.6 Å². The first-order valence-electron chi connectivity index (χ1n) is 9.11. The molecule has 0 N–H and O–H groups in total. The third-order valence-electron chi connectivity index (χ3n) is 4.97. The second-order valence-corrected chi connectivity index (χ2v) is 6.66. The summed E-state index contributed by atoms with van der Waals surface area (Å²) < 4.78 is 6.80. The number of aryl methyl sites for hydroxylation is 2. The standard InChI is InChI=1S/C18H25N5O3/c1-4-26-17(25)14-6-5-9-22(10-14)16(24)8-7-15-12(2)21-18-19-11-20-23(18)13(15)3/h11,14H,4-10H2,1-3H3/t14-/m1/s1. The Kier molecular flexibility index (Phi) is 5.49. The van der Waals surface area contributed by atoms with Crippen LogP contribution in [0.3, 0.4) is 0 Å². The molecule has 8 heteroatoms. The number of nitrogens with zero attached hydrogens (tertiary/aromatic N) is 5. The third kappa shape index (κ3) is 3.68. The van der Waals surface area contributed by atoms with Crippen molar-refractivity contribution in [2.45, 2.75) is 46.5 Å². The molecule has 8 nitrogen and oxygen atoms in total.